The van der Waals surface area contributed by atoms with Crippen LogP contribution in [0.5, 0.6) is 5.75 Å². The van der Waals surface area contributed by atoms with Gasteiger partial charge in [-0.1, -0.05) is 32.9 Å². The zero-order valence-corrected chi connectivity index (χ0v) is 15.6. The zero-order chi connectivity index (χ0) is 18.0. The van der Waals surface area contributed by atoms with Gasteiger partial charge in [0.1, 0.15) is 10.6 Å². The van der Waals surface area contributed by atoms with Crippen LogP contribution in [0.4, 0.5) is 0 Å². The van der Waals surface area contributed by atoms with Crippen LogP contribution in [0.15, 0.2) is 29.2 Å². The van der Waals surface area contributed by atoms with Crippen molar-refractivity contribution in [1.29, 1.82) is 0 Å². The lowest BCUT2D eigenvalue weighted by atomic mass is 9.94. The predicted molar refractivity (Wildman–Crippen MR) is 92.4 cm³/mol. The largest absolute Gasteiger partial charge is 0.495 e. The third-order valence-electron chi connectivity index (χ3n) is 4.07. The maximum absolute atomic E-state index is 12.9. The number of nitrogens with zero attached hydrogens (tertiary/aromatic N) is 2. The van der Waals surface area contributed by atoms with Gasteiger partial charge in [-0.05, 0) is 18.6 Å². The number of hydrogen-bond acceptors (Lipinski definition) is 4. The van der Waals surface area contributed by atoms with Crippen molar-refractivity contribution in [3.05, 3.63) is 24.3 Å². The van der Waals surface area contributed by atoms with Crippen LogP contribution in [0.2, 0.25) is 0 Å². The minimum Gasteiger partial charge on any atom is -0.495 e. The Balaban J connectivity index is 2.20. The first-order valence-corrected chi connectivity index (χ1v) is 9.54. The molecule has 134 valence electrons. The third-order valence-corrected chi connectivity index (χ3v) is 6.01. The van der Waals surface area contributed by atoms with Crippen molar-refractivity contribution in [2.45, 2.75) is 32.1 Å². The summed E-state index contributed by atoms with van der Waals surface area (Å²) in [5.41, 5.74) is -0.462. The molecule has 1 aromatic rings. The van der Waals surface area contributed by atoms with E-state index in [0.29, 0.717) is 38.3 Å². The van der Waals surface area contributed by atoms with Crippen molar-refractivity contribution >= 4 is 15.9 Å². The smallest absolute Gasteiger partial charge is 0.246 e. The van der Waals surface area contributed by atoms with E-state index in [4.69, 9.17) is 4.74 Å². The predicted octanol–water partition coefficient (Wildman–Crippen LogP) is 1.96. The topological polar surface area (TPSA) is 66.9 Å². The molecule has 1 saturated heterocycles. The molecule has 0 saturated carbocycles. The summed E-state index contributed by atoms with van der Waals surface area (Å²) in [5.74, 6) is 0.392. The van der Waals surface area contributed by atoms with Crippen LogP contribution in [0, 0.1) is 5.41 Å². The third kappa shape index (κ3) is 3.89. The molecular formula is C17H26N2O4S. The number of benzene rings is 1. The summed E-state index contributed by atoms with van der Waals surface area (Å²) in [6.45, 7) is 7.31. The van der Waals surface area contributed by atoms with Gasteiger partial charge in [0.15, 0.2) is 0 Å². The van der Waals surface area contributed by atoms with E-state index >= 15 is 0 Å². The van der Waals surface area contributed by atoms with Crippen LogP contribution in [0.3, 0.4) is 0 Å². The normalized spacial score (nSPS) is 17.4. The van der Waals surface area contributed by atoms with Crippen molar-refractivity contribution in [1.82, 2.24) is 9.21 Å². The van der Waals surface area contributed by atoms with E-state index in [1.54, 1.807) is 29.2 Å². The van der Waals surface area contributed by atoms with Gasteiger partial charge in [-0.25, -0.2) is 8.42 Å². The molecule has 0 unspecified atom stereocenters. The molecule has 0 aliphatic carbocycles. The molecule has 6 nitrogen and oxygen atoms in total. The van der Waals surface area contributed by atoms with E-state index < -0.39 is 15.4 Å². The van der Waals surface area contributed by atoms with Crippen LogP contribution in [0.25, 0.3) is 0 Å². The van der Waals surface area contributed by atoms with Gasteiger partial charge in [-0.3, -0.25) is 4.79 Å². The molecule has 24 heavy (non-hydrogen) atoms. The molecule has 1 aliphatic heterocycles. The first-order valence-electron chi connectivity index (χ1n) is 8.10. The fourth-order valence-corrected chi connectivity index (χ4v) is 4.41. The standard InChI is InChI=1S/C17H26N2O4S/c1-17(2,3)16(20)18-10-7-11-19(13-12-18)24(21,22)15-9-6-5-8-14(15)23-4/h5-6,8-9H,7,10-13H2,1-4H3. The number of carbonyl (C=O) groups is 1. The number of carbonyl (C=O) groups excluding carboxylic acids is 1. The van der Waals surface area contributed by atoms with Gasteiger partial charge in [0, 0.05) is 31.6 Å². The van der Waals surface area contributed by atoms with Crippen LogP contribution in [0.1, 0.15) is 27.2 Å². The Bertz CT molecular complexity index is 695. The molecule has 2 rings (SSSR count). The summed E-state index contributed by atoms with van der Waals surface area (Å²) in [6, 6.07) is 6.62. The summed E-state index contributed by atoms with van der Waals surface area (Å²) in [6.07, 6.45) is 0.621. The first kappa shape index (κ1) is 18.7. The number of para-hydroxylation sites is 1. The molecule has 0 atom stereocenters. The number of rotatable bonds is 3. The fourth-order valence-electron chi connectivity index (χ4n) is 2.78. The molecule has 1 aromatic carbocycles. The molecule has 7 heteroatoms. The monoisotopic (exact) mass is 354 g/mol. The van der Waals surface area contributed by atoms with Gasteiger partial charge in [0.2, 0.25) is 15.9 Å². The van der Waals surface area contributed by atoms with Crippen molar-refractivity contribution in [3.63, 3.8) is 0 Å². The van der Waals surface area contributed by atoms with Crippen molar-refractivity contribution in [3.8, 4) is 5.75 Å². The Morgan fingerprint density at radius 3 is 2.38 bits per heavy atom. The molecule has 0 spiro atoms. The van der Waals surface area contributed by atoms with Crippen molar-refractivity contribution in [2.24, 2.45) is 5.41 Å². The maximum atomic E-state index is 12.9. The Kier molecular flexibility index (Phi) is 5.55. The highest BCUT2D eigenvalue weighted by molar-refractivity contribution is 7.89. The zero-order valence-electron chi connectivity index (χ0n) is 14.8. The molecule has 1 amide bonds. The van der Waals surface area contributed by atoms with Gasteiger partial charge in [-0.2, -0.15) is 4.31 Å². The number of amides is 1. The highest BCUT2D eigenvalue weighted by atomic mass is 32.2. The second-order valence-electron chi connectivity index (χ2n) is 6.95. The highest BCUT2D eigenvalue weighted by Crippen LogP contribution is 2.27. The second-order valence-corrected chi connectivity index (χ2v) is 8.86. The Hall–Kier alpha value is -1.60. The van der Waals surface area contributed by atoms with E-state index in [1.807, 2.05) is 20.8 Å². The van der Waals surface area contributed by atoms with E-state index in [2.05, 4.69) is 0 Å². The second kappa shape index (κ2) is 7.11. The van der Waals surface area contributed by atoms with Gasteiger partial charge in [0.05, 0.1) is 7.11 Å². The van der Waals surface area contributed by atoms with E-state index in [0.717, 1.165) is 0 Å². The highest BCUT2D eigenvalue weighted by Gasteiger charge is 2.33. The van der Waals surface area contributed by atoms with Gasteiger partial charge in [-0.15, -0.1) is 0 Å². The summed E-state index contributed by atoms with van der Waals surface area (Å²) in [4.78, 5) is 14.4. The molecule has 0 radical (unpaired) electrons. The number of sulfonamides is 1. The van der Waals surface area contributed by atoms with Gasteiger partial charge in [0.25, 0.3) is 0 Å². The van der Waals surface area contributed by atoms with Crippen molar-refractivity contribution < 1.29 is 17.9 Å². The minimum absolute atomic E-state index is 0.0547. The van der Waals surface area contributed by atoms with E-state index in [1.165, 1.54) is 11.4 Å². The molecule has 0 N–H and O–H groups in total. The average Bonchev–Trinajstić information content (AvgIpc) is 2.79. The molecule has 0 bridgehead atoms. The lowest BCUT2D eigenvalue weighted by Crippen LogP contribution is -2.42. The number of ether oxygens (including phenoxy) is 1. The fraction of sp³-hybridized carbons (Fsp3) is 0.588. The molecule has 1 heterocycles. The summed E-state index contributed by atoms with van der Waals surface area (Å²) in [7, 11) is -2.18. The quantitative estimate of drug-likeness (QED) is 0.832. The van der Waals surface area contributed by atoms with Crippen LogP contribution in [-0.4, -0.2) is 56.8 Å². The SMILES string of the molecule is COc1ccccc1S(=O)(=O)N1CCCN(C(=O)C(C)(C)C)CC1. The Morgan fingerprint density at radius 2 is 1.75 bits per heavy atom. The molecular weight excluding hydrogens is 328 g/mol. The average molecular weight is 354 g/mol. The van der Waals surface area contributed by atoms with Crippen LogP contribution in [-0.2, 0) is 14.8 Å². The van der Waals surface area contributed by atoms with Gasteiger partial charge < -0.3 is 9.64 Å². The molecule has 1 fully saturated rings. The van der Waals surface area contributed by atoms with Crippen LogP contribution < -0.4 is 4.74 Å². The molecule has 1 aliphatic rings. The molecule has 0 aromatic heterocycles. The van der Waals surface area contributed by atoms with Crippen LogP contribution >= 0.6 is 0 Å². The first-order chi connectivity index (χ1) is 11.2. The summed E-state index contributed by atoms with van der Waals surface area (Å²) >= 11 is 0. The lowest BCUT2D eigenvalue weighted by Gasteiger charge is -2.28. The van der Waals surface area contributed by atoms with E-state index in [-0.39, 0.29) is 10.8 Å². The van der Waals surface area contributed by atoms with Crippen molar-refractivity contribution in [2.75, 3.05) is 33.3 Å². The number of hydrogen-bond donors (Lipinski definition) is 0. The Labute approximate surface area is 144 Å². The summed E-state index contributed by atoms with van der Waals surface area (Å²) < 4.78 is 32.5. The van der Waals surface area contributed by atoms with E-state index in [9.17, 15) is 13.2 Å². The Morgan fingerprint density at radius 1 is 1.08 bits per heavy atom. The minimum atomic E-state index is -3.64. The number of methoxy groups -OCH3 is 1. The van der Waals surface area contributed by atoms with Gasteiger partial charge >= 0.3 is 0 Å². The maximum Gasteiger partial charge on any atom is 0.246 e. The summed E-state index contributed by atoms with van der Waals surface area (Å²) in [5, 5.41) is 0. The lowest BCUT2D eigenvalue weighted by molar-refractivity contribution is -0.139.